The van der Waals surface area contributed by atoms with Gasteiger partial charge in [0.15, 0.2) is 0 Å². The lowest BCUT2D eigenvalue weighted by atomic mass is 10.3. The summed E-state index contributed by atoms with van der Waals surface area (Å²) in [7, 11) is 1.59. The number of ether oxygens (including phenoxy) is 2. The first kappa shape index (κ1) is 18.6. The number of hydrogen-bond donors (Lipinski definition) is 2. The normalized spacial score (nSPS) is 10.0. The molecule has 0 saturated heterocycles. The maximum absolute atomic E-state index is 11.8. The lowest BCUT2D eigenvalue weighted by molar-refractivity contribution is -0.126. The van der Waals surface area contributed by atoms with Crippen molar-refractivity contribution in [2.75, 3.05) is 25.6 Å². The number of amides is 2. The van der Waals surface area contributed by atoms with Gasteiger partial charge in [-0.2, -0.15) is 0 Å². The van der Waals surface area contributed by atoms with Crippen LogP contribution in [0.5, 0.6) is 11.5 Å². The lowest BCUT2D eigenvalue weighted by Gasteiger charge is -2.09. The molecule has 7 heteroatoms. The predicted octanol–water partition coefficient (Wildman–Crippen LogP) is 2.87. The van der Waals surface area contributed by atoms with Gasteiger partial charge in [0.05, 0.1) is 13.7 Å². The second kappa shape index (κ2) is 9.54. The first-order valence-electron chi connectivity index (χ1n) is 7.66. The molecule has 2 aromatic rings. The van der Waals surface area contributed by atoms with Gasteiger partial charge in [-0.05, 0) is 42.5 Å². The summed E-state index contributed by atoms with van der Waals surface area (Å²) >= 11 is 5.83. The van der Waals surface area contributed by atoms with Crippen molar-refractivity contribution in [3.05, 3.63) is 53.6 Å². The van der Waals surface area contributed by atoms with E-state index >= 15 is 0 Å². The van der Waals surface area contributed by atoms with Crippen molar-refractivity contribution in [1.29, 1.82) is 0 Å². The summed E-state index contributed by atoms with van der Waals surface area (Å²) in [6.07, 6.45) is -0.269. The second-order valence-corrected chi connectivity index (χ2v) is 5.55. The van der Waals surface area contributed by atoms with E-state index in [0.717, 1.165) is 5.75 Å². The maximum atomic E-state index is 11.8. The van der Waals surface area contributed by atoms with Crippen molar-refractivity contribution in [3.8, 4) is 11.5 Å². The van der Waals surface area contributed by atoms with Crippen molar-refractivity contribution in [2.45, 2.75) is 6.42 Å². The Kier molecular flexibility index (Phi) is 7.10. The maximum Gasteiger partial charge on any atom is 0.233 e. The number of benzene rings is 2. The SMILES string of the molecule is COc1ccc(OCCNC(=O)CC(=O)Nc2cccc(Cl)c2)cc1. The largest absolute Gasteiger partial charge is 0.497 e. The molecule has 6 nitrogen and oxygen atoms in total. The van der Waals surface area contributed by atoms with E-state index in [1.54, 1.807) is 55.6 Å². The summed E-state index contributed by atoms with van der Waals surface area (Å²) in [6.45, 7) is 0.600. The Labute approximate surface area is 151 Å². The number of rotatable bonds is 8. The molecule has 0 heterocycles. The van der Waals surface area contributed by atoms with Gasteiger partial charge in [-0.25, -0.2) is 0 Å². The smallest absolute Gasteiger partial charge is 0.233 e. The van der Waals surface area contributed by atoms with E-state index in [-0.39, 0.29) is 12.3 Å². The molecular formula is C18H19ClN2O4. The van der Waals surface area contributed by atoms with E-state index in [0.29, 0.717) is 29.6 Å². The van der Waals surface area contributed by atoms with Crippen molar-refractivity contribution in [3.63, 3.8) is 0 Å². The van der Waals surface area contributed by atoms with Gasteiger partial charge >= 0.3 is 0 Å². The standard InChI is InChI=1S/C18H19ClN2O4/c1-24-15-5-7-16(8-6-15)25-10-9-20-17(22)12-18(23)21-14-4-2-3-13(19)11-14/h2-8,11H,9-10,12H2,1H3,(H,20,22)(H,21,23). The van der Waals surface area contributed by atoms with Gasteiger partial charge in [-0.3, -0.25) is 9.59 Å². The van der Waals surface area contributed by atoms with Crippen molar-refractivity contribution in [1.82, 2.24) is 5.32 Å². The highest BCUT2D eigenvalue weighted by atomic mass is 35.5. The minimum Gasteiger partial charge on any atom is -0.497 e. The summed E-state index contributed by atoms with van der Waals surface area (Å²) in [5.74, 6) is 0.633. The third-order valence-electron chi connectivity index (χ3n) is 3.18. The lowest BCUT2D eigenvalue weighted by Crippen LogP contribution is -2.31. The Morgan fingerprint density at radius 1 is 1.04 bits per heavy atom. The summed E-state index contributed by atoms with van der Waals surface area (Å²) in [6, 6.07) is 13.9. The van der Waals surface area contributed by atoms with Crippen LogP contribution in [-0.4, -0.2) is 32.1 Å². The predicted molar refractivity (Wildman–Crippen MR) is 96.2 cm³/mol. The topological polar surface area (TPSA) is 76.7 Å². The molecule has 0 fully saturated rings. The third kappa shape index (κ3) is 6.73. The molecule has 2 rings (SSSR count). The van der Waals surface area contributed by atoms with E-state index in [9.17, 15) is 9.59 Å². The number of nitrogens with one attached hydrogen (secondary N) is 2. The van der Waals surface area contributed by atoms with Gasteiger partial charge in [-0.15, -0.1) is 0 Å². The number of methoxy groups -OCH3 is 1. The van der Waals surface area contributed by atoms with Crippen molar-refractivity contribution < 1.29 is 19.1 Å². The summed E-state index contributed by atoms with van der Waals surface area (Å²) in [5, 5.41) is 5.75. The molecule has 132 valence electrons. The molecule has 2 amide bonds. The second-order valence-electron chi connectivity index (χ2n) is 5.11. The minimum absolute atomic E-state index is 0.269. The number of halogens is 1. The van der Waals surface area contributed by atoms with E-state index in [4.69, 9.17) is 21.1 Å². The number of carbonyl (C=O) groups excluding carboxylic acids is 2. The van der Waals surface area contributed by atoms with Crippen LogP contribution in [-0.2, 0) is 9.59 Å². The molecule has 0 aromatic heterocycles. The highest BCUT2D eigenvalue weighted by Crippen LogP contribution is 2.17. The first-order chi connectivity index (χ1) is 12.1. The Morgan fingerprint density at radius 3 is 2.44 bits per heavy atom. The summed E-state index contributed by atoms with van der Waals surface area (Å²) < 4.78 is 10.5. The highest BCUT2D eigenvalue weighted by molar-refractivity contribution is 6.30. The molecule has 0 aliphatic heterocycles. The van der Waals surface area contributed by atoms with Crippen LogP contribution in [0, 0.1) is 0 Å². The van der Waals surface area contributed by atoms with Crippen molar-refractivity contribution in [2.24, 2.45) is 0 Å². The molecule has 2 aromatic carbocycles. The molecule has 0 spiro atoms. The van der Waals surface area contributed by atoms with E-state index in [1.165, 1.54) is 0 Å². The molecule has 0 aliphatic carbocycles. The zero-order valence-corrected chi connectivity index (χ0v) is 14.5. The van der Waals surface area contributed by atoms with Crippen molar-refractivity contribution >= 4 is 29.1 Å². The average Bonchev–Trinajstić information content (AvgIpc) is 2.59. The number of carbonyl (C=O) groups is 2. The Bertz CT molecular complexity index is 719. The third-order valence-corrected chi connectivity index (χ3v) is 3.42. The van der Waals surface area contributed by atoms with E-state index in [2.05, 4.69) is 10.6 Å². The molecular weight excluding hydrogens is 344 g/mol. The molecule has 0 radical (unpaired) electrons. The van der Waals surface area contributed by atoms with Gasteiger partial charge in [0, 0.05) is 10.7 Å². The summed E-state index contributed by atoms with van der Waals surface area (Å²) in [4.78, 5) is 23.5. The van der Waals surface area contributed by atoms with Crippen LogP contribution < -0.4 is 20.1 Å². The van der Waals surface area contributed by atoms with Crippen LogP contribution in [0.1, 0.15) is 6.42 Å². The van der Waals surface area contributed by atoms with Crippen LogP contribution in [0.3, 0.4) is 0 Å². The first-order valence-corrected chi connectivity index (χ1v) is 8.03. The highest BCUT2D eigenvalue weighted by Gasteiger charge is 2.09. The monoisotopic (exact) mass is 362 g/mol. The molecule has 0 saturated carbocycles. The van der Waals surface area contributed by atoms with Gasteiger partial charge in [0.25, 0.3) is 0 Å². The van der Waals surface area contributed by atoms with Gasteiger partial charge in [-0.1, -0.05) is 17.7 Å². The Morgan fingerprint density at radius 2 is 1.76 bits per heavy atom. The fraction of sp³-hybridized carbons (Fsp3) is 0.222. The molecule has 25 heavy (non-hydrogen) atoms. The van der Waals surface area contributed by atoms with E-state index in [1.807, 2.05) is 0 Å². The van der Waals surface area contributed by atoms with Crippen LogP contribution in [0.4, 0.5) is 5.69 Å². The number of anilines is 1. The van der Waals surface area contributed by atoms with Crippen LogP contribution in [0.2, 0.25) is 5.02 Å². The van der Waals surface area contributed by atoms with Gasteiger partial charge in [0.2, 0.25) is 11.8 Å². The minimum atomic E-state index is -0.407. The van der Waals surface area contributed by atoms with Crippen LogP contribution in [0.25, 0.3) is 0 Å². The molecule has 2 N–H and O–H groups in total. The molecule has 0 aliphatic rings. The van der Waals surface area contributed by atoms with Gasteiger partial charge < -0.3 is 20.1 Å². The van der Waals surface area contributed by atoms with Crippen LogP contribution in [0.15, 0.2) is 48.5 Å². The van der Waals surface area contributed by atoms with Crippen LogP contribution >= 0.6 is 11.6 Å². The quantitative estimate of drug-likeness (QED) is 0.559. The molecule has 0 unspecified atom stereocenters. The molecule has 0 atom stereocenters. The Balaban J connectivity index is 1.65. The summed E-state index contributed by atoms with van der Waals surface area (Å²) in [5.41, 5.74) is 0.549. The zero-order chi connectivity index (χ0) is 18.1. The van der Waals surface area contributed by atoms with E-state index < -0.39 is 5.91 Å². The van der Waals surface area contributed by atoms with Gasteiger partial charge in [0.1, 0.15) is 24.5 Å². The fourth-order valence-corrected chi connectivity index (χ4v) is 2.20. The zero-order valence-electron chi connectivity index (χ0n) is 13.8. The number of hydrogen-bond acceptors (Lipinski definition) is 4. The Hall–Kier alpha value is -2.73. The molecule has 0 bridgehead atoms. The fourth-order valence-electron chi connectivity index (χ4n) is 2.01. The average molecular weight is 363 g/mol.